The van der Waals surface area contributed by atoms with Gasteiger partial charge in [0.15, 0.2) is 0 Å². The molecule has 0 aliphatic heterocycles. The molecule has 3 rings (SSSR count). The molecule has 0 saturated carbocycles. The number of rotatable bonds is 6. The van der Waals surface area contributed by atoms with E-state index in [1.807, 2.05) is 31.2 Å². The Labute approximate surface area is 166 Å². The number of halogens is 1. The minimum absolute atomic E-state index is 0.0921. The van der Waals surface area contributed by atoms with Crippen LogP contribution >= 0.6 is 22.9 Å². The van der Waals surface area contributed by atoms with Crippen molar-refractivity contribution in [2.24, 2.45) is 0 Å². The quantitative estimate of drug-likeness (QED) is 0.612. The molecule has 3 aromatic rings. The lowest BCUT2D eigenvalue weighted by Gasteiger charge is -2.15. The SMILES string of the molecule is COc1cc(OC)c(NC(=O)NCC(C)c2nc3ccccc3s2)cc1Cl. The second-order valence-electron chi connectivity index (χ2n) is 5.94. The van der Waals surface area contributed by atoms with E-state index in [2.05, 4.69) is 15.6 Å². The van der Waals surface area contributed by atoms with Crippen LogP contribution in [0.4, 0.5) is 10.5 Å². The zero-order valence-electron chi connectivity index (χ0n) is 15.2. The largest absolute Gasteiger partial charge is 0.495 e. The number of benzene rings is 2. The number of hydrogen-bond donors (Lipinski definition) is 2. The predicted octanol–water partition coefficient (Wildman–Crippen LogP) is 4.89. The van der Waals surface area contributed by atoms with Gasteiger partial charge in [0.2, 0.25) is 0 Å². The Bertz CT molecular complexity index is 928. The number of amides is 2. The summed E-state index contributed by atoms with van der Waals surface area (Å²) in [6.07, 6.45) is 0. The van der Waals surface area contributed by atoms with E-state index < -0.39 is 0 Å². The van der Waals surface area contributed by atoms with E-state index in [-0.39, 0.29) is 11.9 Å². The Balaban J connectivity index is 1.63. The number of nitrogens with zero attached hydrogens (tertiary/aromatic N) is 1. The van der Waals surface area contributed by atoms with Gasteiger partial charge in [0.1, 0.15) is 11.5 Å². The van der Waals surface area contributed by atoms with E-state index in [1.54, 1.807) is 23.5 Å². The van der Waals surface area contributed by atoms with Crippen LogP contribution in [0.1, 0.15) is 17.8 Å². The topological polar surface area (TPSA) is 72.5 Å². The third-order valence-electron chi connectivity index (χ3n) is 4.02. The number of thiazole rings is 1. The molecule has 1 heterocycles. The summed E-state index contributed by atoms with van der Waals surface area (Å²) >= 11 is 7.77. The number of anilines is 1. The zero-order chi connectivity index (χ0) is 19.4. The van der Waals surface area contributed by atoms with Gasteiger partial charge >= 0.3 is 6.03 Å². The molecule has 0 fully saturated rings. The van der Waals surface area contributed by atoms with Gasteiger partial charge in [-0.05, 0) is 18.2 Å². The number of para-hydroxylation sites is 1. The van der Waals surface area contributed by atoms with Crippen LogP contribution in [0.2, 0.25) is 5.02 Å². The smallest absolute Gasteiger partial charge is 0.319 e. The second-order valence-corrected chi connectivity index (χ2v) is 7.41. The fourth-order valence-corrected chi connectivity index (χ4v) is 3.82. The number of urea groups is 1. The van der Waals surface area contributed by atoms with Crippen molar-refractivity contribution < 1.29 is 14.3 Å². The summed E-state index contributed by atoms with van der Waals surface area (Å²) in [7, 11) is 3.03. The standard InChI is InChI=1S/C19H20ClN3O3S/c1-11(18-22-13-6-4-5-7-17(13)27-18)10-21-19(24)23-14-8-12(20)15(25-2)9-16(14)26-3/h4-9,11H,10H2,1-3H3,(H2,21,23,24). The number of nitrogens with one attached hydrogen (secondary N) is 2. The summed E-state index contributed by atoms with van der Waals surface area (Å²) in [6, 6.07) is 10.9. The van der Waals surface area contributed by atoms with Crippen LogP contribution < -0.4 is 20.1 Å². The fraction of sp³-hybridized carbons (Fsp3) is 0.263. The first-order valence-electron chi connectivity index (χ1n) is 8.33. The van der Waals surface area contributed by atoms with E-state index >= 15 is 0 Å². The Morgan fingerprint density at radius 1 is 1.22 bits per heavy atom. The highest BCUT2D eigenvalue weighted by molar-refractivity contribution is 7.18. The summed E-state index contributed by atoms with van der Waals surface area (Å²) in [5.41, 5.74) is 1.44. The van der Waals surface area contributed by atoms with Crippen molar-refractivity contribution in [1.29, 1.82) is 0 Å². The summed E-state index contributed by atoms with van der Waals surface area (Å²) in [5.74, 6) is 1.03. The van der Waals surface area contributed by atoms with Crippen LogP contribution in [0, 0.1) is 0 Å². The van der Waals surface area contributed by atoms with Crippen LogP contribution in [-0.4, -0.2) is 31.8 Å². The minimum Gasteiger partial charge on any atom is -0.495 e. The summed E-state index contributed by atoms with van der Waals surface area (Å²) < 4.78 is 11.6. The third-order valence-corrected chi connectivity index (χ3v) is 5.59. The molecule has 2 N–H and O–H groups in total. The molecule has 2 aromatic carbocycles. The van der Waals surface area contributed by atoms with Crippen molar-refractivity contribution in [3.8, 4) is 11.5 Å². The van der Waals surface area contributed by atoms with Crippen molar-refractivity contribution in [3.63, 3.8) is 0 Å². The Hall–Kier alpha value is -2.51. The third kappa shape index (κ3) is 4.43. The second kappa shape index (κ2) is 8.45. The molecule has 0 aliphatic rings. The van der Waals surface area contributed by atoms with Gasteiger partial charge in [0.05, 0.1) is 40.2 Å². The summed E-state index contributed by atoms with van der Waals surface area (Å²) in [6.45, 7) is 2.49. The molecule has 2 amide bonds. The van der Waals surface area contributed by atoms with Gasteiger partial charge in [-0.25, -0.2) is 9.78 Å². The summed E-state index contributed by atoms with van der Waals surface area (Å²) in [4.78, 5) is 16.9. The van der Waals surface area contributed by atoms with E-state index in [4.69, 9.17) is 21.1 Å². The van der Waals surface area contributed by atoms with Crippen molar-refractivity contribution >= 4 is 44.9 Å². The molecule has 0 aliphatic carbocycles. The molecular formula is C19H20ClN3O3S. The van der Waals surface area contributed by atoms with Crippen LogP contribution in [0.25, 0.3) is 10.2 Å². The molecule has 0 radical (unpaired) electrons. The highest BCUT2D eigenvalue weighted by Gasteiger charge is 2.15. The summed E-state index contributed by atoms with van der Waals surface area (Å²) in [5, 5.41) is 6.99. The maximum atomic E-state index is 12.3. The molecule has 8 heteroatoms. The van der Waals surface area contributed by atoms with Crippen molar-refractivity contribution in [1.82, 2.24) is 10.3 Å². The Morgan fingerprint density at radius 2 is 1.96 bits per heavy atom. The van der Waals surface area contributed by atoms with Crippen LogP contribution in [0.15, 0.2) is 36.4 Å². The maximum Gasteiger partial charge on any atom is 0.319 e. The lowest BCUT2D eigenvalue weighted by atomic mass is 10.2. The van der Waals surface area contributed by atoms with Gasteiger partial charge in [-0.1, -0.05) is 30.7 Å². The molecule has 142 valence electrons. The first-order valence-corrected chi connectivity index (χ1v) is 9.53. The highest BCUT2D eigenvalue weighted by Crippen LogP contribution is 2.35. The monoisotopic (exact) mass is 405 g/mol. The molecule has 1 unspecified atom stereocenters. The van der Waals surface area contributed by atoms with Crippen molar-refractivity contribution in [3.05, 3.63) is 46.4 Å². The highest BCUT2D eigenvalue weighted by atomic mass is 35.5. The van der Waals surface area contributed by atoms with Gasteiger partial charge in [-0.2, -0.15) is 0 Å². The van der Waals surface area contributed by atoms with Crippen molar-refractivity contribution in [2.75, 3.05) is 26.1 Å². The van der Waals surface area contributed by atoms with Gasteiger partial charge in [0.25, 0.3) is 0 Å². The number of ether oxygens (including phenoxy) is 2. The number of methoxy groups -OCH3 is 2. The molecule has 0 spiro atoms. The fourth-order valence-electron chi connectivity index (χ4n) is 2.56. The van der Waals surface area contributed by atoms with Crippen LogP contribution in [0.5, 0.6) is 11.5 Å². The van der Waals surface area contributed by atoms with Gasteiger partial charge in [-0.3, -0.25) is 0 Å². The lowest BCUT2D eigenvalue weighted by Crippen LogP contribution is -2.31. The van der Waals surface area contributed by atoms with E-state index in [0.29, 0.717) is 28.8 Å². The van der Waals surface area contributed by atoms with E-state index in [1.165, 1.54) is 14.2 Å². The average molecular weight is 406 g/mol. The first kappa shape index (κ1) is 19.3. The molecule has 6 nitrogen and oxygen atoms in total. The van der Waals surface area contributed by atoms with Crippen LogP contribution in [0.3, 0.4) is 0 Å². The Morgan fingerprint density at radius 3 is 2.67 bits per heavy atom. The van der Waals surface area contributed by atoms with Gasteiger partial charge in [0, 0.05) is 18.5 Å². The first-order chi connectivity index (χ1) is 13.0. The molecule has 0 saturated heterocycles. The predicted molar refractivity (Wildman–Crippen MR) is 110 cm³/mol. The number of hydrogen-bond acceptors (Lipinski definition) is 5. The zero-order valence-corrected chi connectivity index (χ0v) is 16.8. The van der Waals surface area contributed by atoms with Gasteiger partial charge < -0.3 is 20.1 Å². The molecule has 27 heavy (non-hydrogen) atoms. The number of carbonyl (C=O) groups excluding carboxylic acids is 1. The minimum atomic E-state index is -0.345. The van der Waals surface area contributed by atoms with Crippen molar-refractivity contribution in [2.45, 2.75) is 12.8 Å². The number of aromatic nitrogens is 1. The molecule has 1 atom stereocenters. The molecule has 1 aromatic heterocycles. The number of carbonyl (C=O) groups is 1. The number of fused-ring (bicyclic) bond motifs is 1. The lowest BCUT2D eigenvalue weighted by molar-refractivity contribution is 0.251. The van der Waals surface area contributed by atoms with Gasteiger partial charge in [-0.15, -0.1) is 11.3 Å². The van der Waals surface area contributed by atoms with E-state index in [0.717, 1.165) is 15.2 Å². The van der Waals surface area contributed by atoms with E-state index in [9.17, 15) is 4.79 Å². The van der Waals surface area contributed by atoms with Crippen LogP contribution in [-0.2, 0) is 0 Å². The normalized spacial score (nSPS) is 11.9. The maximum absolute atomic E-state index is 12.3. The molecule has 0 bridgehead atoms. The molecular weight excluding hydrogens is 386 g/mol. The average Bonchev–Trinajstić information content (AvgIpc) is 3.10. The Kier molecular flexibility index (Phi) is 6.03.